The maximum absolute atomic E-state index is 9.51. The van der Waals surface area contributed by atoms with E-state index in [1.807, 2.05) is 6.66 Å². The number of aliphatic hydroxyl groups is 2. The number of ether oxygens (including phenoxy) is 1. The molecule has 1 aliphatic rings. The molecule has 3 unspecified atom stereocenters. The van der Waals surface area contributed by atoms with Gasteiger partial charge >= 0.3 is 0 Å². The lowest BCUT2D eigenvalue weighted by Crippen LogP contribution is -2.41. The first-order valence-corrected chi connectivity index (χ1v) is 8.49. The summed E-state index contributed by atoms with van der Waals surface area (Å²) in [5, 5.41) is 18.6. The summed E-state index contributed by atoms with van der Waals surface area (Å²) in [5.74, 6) is 0. The third-order valence-corrected chi connectivity index (χ3v) is 6.44. The molecule has 1 aliphatic heterocycles. The largest absolute Gasteiger partial charge is 0.390 e. The highest BCUT2D eigenvalue weighted by molar-refractivity contribution is 8.77. The predicted octanol–water partition coefficient (Wildman–Crippen LogP) is 0.936. The van der Waals surface area contributed by atoms with E-state index in [1.165, 1.54) is 0 Å². The van der Waals surface area contributed by atoms with Crippen LogP contribution in [0.1, 0.15) is 6.42 Å². The number of aliphatic hydroxyl groups excluding tert-OH is 2. The van der Waals surface area contributed by atoms with Crippen molar-refractivity contribution in [2.45, 2.75) is 24.9 Å². The molecule has 78 valence electrons. The Labute approximate surface area is 84.9 Å². The Morgan fingerprint density at radius 3 is 2.85 bits per heavy atom. The summed E-state index contributed by atoms with van der Waals surface area (Å²) in [5.41, 5.74) is 0. The van der Waals surface area contributed by atoms with Crippen molar-refractivity contribution in [3.8, 4) is 0 Å². The quantitative estimate of drug-likeness (QED) is 0.723. The molecule has 0 radical (unpaired) electrons. The molecule has 0 aromatic rings. The van der Waals surface area contributed by atoms with Gasteiger partial charge in [0.2, 0.25) is 0 Å². The molecule has 5 atom stereocenters. The highest BCUT2D eigenvalue weighted by Gasteiger charge is 2.30. The summed E-state index contributed by atoms with van der Waals surface area (Å²) in [6, 6.07) is 0. The van der Waals surface area contributed by atoms with Gasteiger partial charge in [-0.05, 0) is 6.66 Å². The lowest BCUT2D eigenvalue weighted by Gasteiger charge is -2.31. The van der Waals surface area contributed by atoms with Crippen LogP contribution < -0.4 is 0 Å². The Morgan fingerprint density at radius 2 is 2.31 bits per heavy atom. The molecule has 1 rings (SSSR count). The van der Waals surface area contributed by atoms with E-state index >= 15 is 0 Å². The molecule has 0 spiro atoms. The molecule has 0 aliphatic carbocycles. The monoisotopic (exact) mass is 244 g/mol. The predicted molar refractivity (Wildman–Crippen MR) is 57.6 cm³/mol. The van der Waals surface area contributed by atoms with Crippen molar-refractivity contribution in [1.82, 2.24) is 0 Å². The number of rotatable bonds is 3. The summed E-state index contributed by atoms with van der Waals surface area (Å²) < 4.78 is 10.5. The van der Waals surface area contributed by atoms with Crippen LogP contribution in [-0.4, -0.2) is 42.0 Å². The van der Waals surface area contributed by atoms with Crippen molar-refractivity contribution >= 4 is 26.8 Å². The zero-order valence-electron chi connectivity index (χ0n) is 7.29. The van der Waals surface area contributed by atoms with E-state index in [9.17, 15) is 5.11 Å². The van der Waals surface area contributed by atoms with E-state index in [0.29, 0.717) is 0 Å². The fraction of sp³-hybridized carbons (Fsp3) is 1.00. The normalized spacial score (nSPS) is 37.4. The molecule has 1 heterocycles. The van der Waals surface area contributed by atoms with Gasteiger partial charge in [-0.25, -0.2) is 0 Å². The summed E-state index contributed by atoms with van der Waals surface area (Å²) in [6.45, 7) is 2.23. The van der Waals surface area contributed by atoms with E-state index in [4.69, 9.17) is 14.4 Å². The highest BCUT2D eigenvalue weighted by Crippen LogP contribution is 2.52. The first-order chi connectivity index (χ1) is 6.13. The second-order valence-electron chi connectivity index (χ2n) is 2.78. The second kappa shape index (κ2) is 5.82. The zero-order chi connectivity index (χ0) is 9.84. The van der Waals surface area contributed by atoms with Gasteiger partial charge in [0.05, 0.1) is 20.1 Å². The minimum Gasteiger partial charge on any atom is -0.390 e. The van der Waals surface area contributed by atoms with Crippen molar-refractivity contribution in [1.29, 1.82) is 0 Å². The third kappa shape index (κ3) is 3.96. The van der Waals surface area contributed by atoms with Gasteiger partial charge in [0, 0.05) is 6.42 Å². The maximum atomic E-state index is 9.51. The highest BCUT2D eigenvalue weighted by atomic mass is 33.1. The van der Waals surface area contributed by atoms with Gasteiger partial charge in [0.1, 0.15) is 6.10 Å². The van der Waals surface area contributed by atoms with Crippen LogP contribution in [-0.2, 0) is 9.26 Å². The van der Waals surface area contributed by atoms with Crippen molar-refractivity contribution in [2.75, 3.05) is 13.3 Å². The summed E-state index contributed by atoms with van der Waals surface area (Å²) in [6.07, 6.45) is -1.53. The molecule has 0 aromatic carbocycles. The van der Waals surface area contributed by atoms with Crippen LogP contribution in [0.3, 0.4) is 0 Å². The van der Waals surface area contributed by atoms with Gasteiger partial charge in [-0.2, -0.15) is 0 Å². The van der Waals surface area contributed by atoms with Crippen molar-refractivity contribution in [2.24, 2.45) is 0 Å². The fourth-order valence-electron chi connectivity index (χ4n) is 1.06. The molecule has 1 saturated heterocycles. The molecule has 0 aromatic heterocycles. The average Bonchev–Trinajstić information content (AvgIpc) is 2.09. The summed E-state index contributed by atoms with van der Waals surface area (Å²) in [4.78, 5) is 0. The van der Waals surface area contributed by atoms with E-state index < -0.39 is 19.7 Å². The Hall–Kier alpha value is 1.05. The Bertz CT molecular complexity index is 162. The van der Waals surface area contributed by atoms with Crippen LogP contribution in [0, 0.1) is 0 Å². The summed E-state index contributed by atoms with van der Waals surface area (Å²) >= 11 is 1.55. The molecule has 13 heavy (non-hydrogen) atoms. The Balaban J connectivity index is 2.33. The Kier molecular flexibility index (Phi) is 5.42. The number of hydrogen-bond acceptors (Lipinski definition) is 5. The van der Waals surface area contributed by atoms with Crippen LogP contribution >= 0.6 is 26.8 Å². The van der Waals surface area contributed by atoms with Crippen molar-refractivity contribution in [3.63, 3.8) is 0 Å². The standard InChI is InChI=1S/C6H14O4P2S/c1-12(13-11)10-5-3-9-6(8)2-4(5)7/h4-8H,2-3,11H2,1H3/t4-,5+,6?,12?/m0/s1. The van der Waals surface area contributed by atoms with Gasteiger partial charge in [0.15, 0.2) is 6.29 Å². The lowest BCUT2D eigenvalue weighted by molar-refractivity contribution is -0.186. The van der Waals surface area contributed by atoms with Gasteiger partial charge < -0.3 is 19.5 Å². The van der Waals surface area contributed by atoms with Crippen molar-refractivity contribution < 1.29 is 19.5 Å². The van der Waals surface area contributed by atoms with E-state index in [1.54, 1.807) is 11.0 Å². The van der Waals surface area contributed by atoms with Crippen LogP contribution in [0.4, 0.5) is 0 Å². The fourth-order valence-corrected chi connectivity index (χ4v) is 2.62. The topological polar surface area (TPSA) is 58.9 Å². The van der Waals surface area contributed by atoms with E-state index in [0.717, 1.165) is 0 Å². The molecule has 4 nitrogen and oxygen atoms in total. The smallest absolute Gasteiger partial charge is 0.157 e. The third-order valence-electron chi connectivity index (χ3n) is 1.76. The molecule has 1 fully saturated rings. The van der Waals surface area contributed by atoms with E-state index in [2.05, 4.69) is 8.44 Å². The number of hydrogen-bond donors (Lipinski definition) is 2. The zero-order valence-corrected chi connectivity index (χ0v) is 10.2. The average molecular weight is 244 g/mol. The van der Waals surface area contributed by atoms with E-state index in [-0.39, 0.29) is 19.1 Å². The molecule has 7 heteroatoms. The van der Waals surface area contributed by atoms with Gasteiger partial charge in [0.25, 0.3) is 0 Å². The van der Waals surface area contributed by atoms with Crippen molar-refractivity contribution in [3.05, 3.63) is 0 Å². The van der Waals surface area contributed by atoms with Crippen LogP contribution in [0.5, 0.6) is 0 Å². The van der Waals surface area contributed by atoms with Crippen LogP contribution in [0.25, 0.3) is 0 Å². The molecular formula is C6H14O4P2S. The lowest BCUT2D eigenvalue weighted by atomic mass is 10.1. The first-order valence-electron chi connectivity index (χ1n) is 3.88. The molecule has 0 amide bonds. The Morgan fingerprint density at radius 1 is 1.62 bits per heavy atom. The van der Waals surface area contributed by atoms with Gasteiger partial charge in [-0.15, -0.1) is 0 Å². The van der Waals surface area contributed by atoms with Crippen LogP contribution in [0.2, 0.25) is 0 Å². The van der Waals surface area contributed by atoms with Gasteiger partial charge in [-0.1, -0.05) is 19.4 Å². The molecule has 2 N–H and O–H groups in total. The molecular weight excluding hydrogens is 230 g/mol. The first kappa shape index (κ1) is 12.1. The summed E-state index contributed by atoms with van der Waals surface area (Å²) in [7, 11) is 1.94. The second-order valence-corrected chi connectivity index (χ2v) is 8.15. The SMILES string of the molecule is CP(O[C@@H]1COC(O)C[C@@H]1O)SP. The van der Waals surface area contributed by atoms with Crippen LogP contribution in [0.15, 0.2) is 0 Å². The minimum atomic E-state index is -0.846. The minimum absolute atomic E-state index is 0.232. The van der Waals surface area contributed by atoms with Gasteiger partial charge in [-0.3, -0.25) is 0 Å². The maximum Gasteiger partial charge on any atom is 0.157 e. The molecule has 0 bridgehead atoms. The molecule has 0 saturated carbocycles.